The lowest BCUT2D eigenvalue weighted by Gasteiger charge is -2.41. The van der Waals surface area contributed by atoms with Gasteiger partial charge in [0.05, 0.1) is 25.7 Å². The van der Waals surface area contributed by atoms with E-state index in [1.54, 1.807) is 13.3 Å². The first-order valence-corrected chi connectivity index (χ1v) is 14.0. The maximum absolute atomic E-state index is 13.9. The highest BCUT2D eigenvalue weighted by atomic mass is 32.2. The number of aromatic nitrogens is 1. The van der Waals surface area contributed by atoms with Gasteiger partial charge in [-0.15, -0.1) is 11.8 Å². The lowest BCUT2D eigenvalue weighted by atomic mass is 9.72. The van der Waals surface area contributed by atoms with Gasteiger partial charge in [-0.05, 0) is 86.0 Å². The molecule has 39 heavy (non-hydrogen) atoms. The second kappa shape index (κ2) is 13.0. The largest absolute Gasteiger partial charge is 0.497 e. The van der Waals surface area contributed by atoms with E-state index in [-0.39, 0.29) is 23.3 Å². The van der Waals surface area contributed by atoms with Crippen molar-refractivity contribution < 1.29 is 32.9 Å². The number of ether oxygens (including phenoxy) is 1. The molecule has 0 aliphatic carbocycles. The van der Waals surface area contributed by atoms with Gasteiger partial charge in [-0.2, -0.15) is 0 Å². The first kappa shape index (κ1) is 29.2. The summed E-state index contributed by atoms with van der Waals surface area (Å²) in [7, 11) is 1.60. The molecule has 2 aromatic carbocycles. The van der Waals surface area contributed by atoms with E-state index in [9.17, 15) is 28.2 Å². The molecule has 0 saturated carbocycles. The zero-order valence-electron chi connectivity index (χ0n) is 21.9. The fourth-order valence-electron chi connectivity index (χ4n) is 5.48. The molecule has 0 bridgehead atoms. The average Bonchev–Trinajstić information content (AvgIpc) is 2.91. The van der Waals surface area contributed by atoms with Crippen molar-refractivity contribution in [2.24, 2.45) is 5.41 Å². The summed E-state index contributed by atoms with van der Waals surface area (Å²) in [6.07, 6.45) is 5.37. The van der Waals surface area contributed by atoms with Crippen LogP contribution < -0.4 is 4.74 Å². The fraction of sp³-hybridized carbons (Fsp3) is 0.448. The molecule has 4 rings (SSSR count). The zero-order valence-corrected chi connectivity index (χ0v) is 22.7. The van der Waals surface area contributed by atoms with Crippen LogP contribution in [0.15, 0.2) is 41.4 Å². The number of nitrogens with zero attached hydrogens (tertiary/aromatic N) is 2. The number of aryl methyl sites for hydroxylation is 1. The second-order valence-corrected chi connectivity index (χ2v) is 11.3. The molecule has 10 heteroatoms. The van der Waals surface area contributed by atoms with Crippen LogP contribution in [-0.4, -0.2) is 58.6 Å². The Labute approximate surface area is 230 Å². The number of hydrogen-bond acceptors (Lipinski definition) is 6. The van der Waals surface area contributed by atoms with E-state index >= 15 is 0 Å². The molecule has 0 spiro atoms. The molecule has 210 valence electrons. The molecular weight excluding hydrogens is 529 g/mol. The standard InChI is InChI=1S/C29H33F3N2O4S/c1-38-21-4-5-25-23(15-21)22(19(18-35)17-33-25)3-2-6-29(16-27(36)37)7-9-34(10-8-29)11-12-39-26-14-20(30)13-24(31)28(26)32/h4-5,13-15,17,35H,2-3,6-12,16,18H2,1H3,(H,36,37). The predicted molar refractivity (Wildman–Crippen MR) is 145 cm³/mol. The summed E-state index contributed by atoms with van der Waals surface area (Å²) in [5.41, 5.74) is 2.23. The number of fused-ring (bicyclic) bond motifs is 1. The maximum Gasteiger partial charge on any atom is 0.303 e. The Bertz CT molecular complexity index is 1310. The predicted octanol–water partition coefficient (Wildman–Crippen LogP) is 5.82. The summed E-state index contributed by atoms with van der Waals surface area (Å²) in [5, 5.41) is 20.5. The molecule has 1 saturated heterocycles. The number of aliphatic carboxylic acids is 1. The Morgan fingerprint density at radius 3 is 2.64 bits per heavy atom. The van der Waals surface area contributed by atoms with Gasteiger partial charge in [0, 0.05) is 34.8 Å². The SMILES string of the molecule is COc1ccc2ncc(CO)c(CCCC3(CC(=O)O)CCN(CCSc4cc(F)cc(F)c4F)CC3)c2c1. The number of carboxylic acids is 1. The van der Waals surface area contributed by atoms with E-state index in [4.69, 9.17) is 4.74 Å². The van der Waals surface area contributed by atoms with Crippen LogP contribution in [-0.2, 0) is 17.8 Å². The highest BCUT2D eigenvalue weighted by Crippen LogP contribution is 2.40. The second-order valence-electron chi connectivity index (χ2n) is 10.1. The highest BCUT2D eigenvalue weighted by Gasteiger charge is 2.36. The minimum absolute atomic E-state index is 0.0479. The zero-order chi connectivity index (χ0) is 28.0. The normalized spacial score (nSPS) is 15.5. The first-order chi connectivity index (χ1) is 18.7. The molecule has 2 N–H and O–H groups in total. The van der Waals surface area contributed by atoms with Crippen LogP contribution in [0.25, 0.3) is 10.9 Å². The van der Waals surface area contributed by atoms with Crippen LogP contribution in [0, 0.1) is 22.9 Å². The number of aliphatic hydroxyl groups is 1. The smallest absolute Gasteiger partial charge is 0.303 e. The number of methoxy groups -OCH3 is 1. The number of benzene rings is 2. The average molecular weight is 563 g/mol. The molecule has 6 nitrogen and oxygen atoms in total. The molecule has 0 unspecified atom stereocenters. The molecule has 1 fully saturated rings. The summed E-state index contributed by atoms with van der Waals surface area (Å²) in [5.74, 6) is -2.69. The van der Waals surface area contributed by atoms with Crippen molar-refractivity contribution in [3.05, 3.63) is 65.1 Å². The summed E-state index contributed by atoms with van der Waals surface area (Å²) in [6.45, 7) is 1.88. The molecule has 2 heterocycles. The van der Waals surface area contributed by atoms with Gasteiger partial charge < -0.3 is 19.8 Å². The lowest BCUT2D eigenvalue weighted by molar-refractivity contribution is -0.140. The lowest BCUT2D eigenvalue weighted by Crippen LogP contribution is -2.42. The maximum atomic E-state index is 13.9. The van der Waals surface area contributed by atoms with E-state index < -0.39 is 23.4 Å². The van der Waals surface area contributed by atoms with Crippen LogP contribution in [0.1, 0.15) is 43.2 Å². The molecule has 1 aliphatic heterocycles. The molecule has 3 aromatic rings. The van der Waals surface area contributed by atoms with Crippen molar-refractivity contribution in [3.8, 4) is 5.75 Å². The van der Waals surface area contributed by atoms with Crippen LogP contribution in [0.2, 0.25) is 0 Å². The molecule has 0 radical (unpaired) electrons. The van der Waals surface area contributed by atoms with Crippen LogP contribution in [0.3, 0.4) is 0 Å². The number of piperidine rings is 1. The molecular formula is C29H33F3N2O4S. The van der Waals surface area contributed by atoms with E-state index in [1.807, 2.05) is 18.2 Å². The van der Waals surface area contributed by atoms with E-state index in [2.05, 4.69) is 9.88 Å². The highest BCUT2D eigenvalue weighted by molar-refractivity contribution is 7.99. The Hall–Kier alpha value is -2.82. The van der Waals surface area contributed by atoms with Gasteiger partial charge in [-0.3, -0.25) is 9.78 Å². The number of pyridine rings is 1. The van der Waals surface area contributed by atoms with Crippen molar-refractivity contribution in [1.29, 1.82) is 0 Å². The summed E-state index contributed by atoms with van der Waals surface area (Å²) >= 11 is 1.07. The van der Waals surface area contributed by atoms with E-state index in [1.165, 1.54) is 0 Å². The van der Waals surface area contributed by atoms with Gasteiger partial charge in [-0.1, -0.05) is 0 Å². The van der Waals surface area contributed by atoms with Crippen molar-refractivity contribution in [3.63, 3.8) is 0 Å². The number of hydrogen-bond donors (Lipinski definition) is 2. The van der Waals surface area contributed by atoms with Crippen molar-refractivity contribution in [2.45, 2.75) is 50.0 Å². The van der Waals surface area contributed by atoms with Gasteiger partial charge in [0.15, 0.2) is 11.6 Å². The minimum Gasteiger partial charge on any atom is -0.497 e. The minimum atomic E-state index is -1.20. The number of likely N-dealkylation sites (tertiary alicyclic amines) is 1. The fourth-order valence-corrected chi connectivity index (χ4v) is 6.47. The number of aliphatic hydroxyl groups excluding tert-OH is 1. The van der Waals surface area contributed by atoms with E-state index in [0.29, 0.717) is 56.5 Å². The van der Waals surface area contributed by atoms with Gasteiger partial charge in [0.2, 0.25) is 0 Å². The first-order valence-electron chi connectivity index (χ1n) is 13.0. The third-order valence-electron chi connectivity index (χ3n) is 7.65. The number of carboxylic acid groups (broad SMARTS) is 1. The van der Waals surface area contributed by atoms with Gasteiger partial charge in [0.1, 0.15) is 11.6 Å². The van der Waals surface area contributed by atoms with Crippen LogP contribution in [0.5, 0.6) is 5.75 Å². The topological polar surface area (TPSA) is 82.9 Å². The Morgan fingerprint density at radius 1 is 1.18 bits per heavy atom. The third kappa shape index (κ3) is 7.23. The van der Waals surface area contributed by atoms with Crippen molar-refractivity contribution >= 4 is 28.6 Å². The van der Waals surface area contributed by atoms with Crippen molar-refractivity contribution in [1.82, 2.24) is 9.88 Å². The monoisotopic (exact) mass is 562 g/mol. The number of rotatable bonds is 12. The molecule has 1 aromatic heterocycles. The molecule has 1 aliphatic rings. The van der Waals surface area contributed by atoms with Gasteiger partial charge in [-0.25, -0.2) is 13.2 Å². The number of carbonyl (C=O) groups is 1. The Kier molecular flexibility index (Phi) is 9.74. The summed E-state index contributed by atoms with van der Waals surface area (Å²) in [4.78, 5) is 18.4. The van der Waals surface area contributed by atoms with Gasteiger partial charge >= 0.3 is 5.97 Å². The van der Waals surface area contributed by atoms with Crippen molar-refractivity contribution in [2.75, 3.05) is 32.5 Å². The van der Waals surface area contributed by atoms with Gasteiger partial charge in [0.25, 0.3) is 0 Å². The molecule has 0 atom stereocenters. The van der Waals surface area contributed by atoms with Crippen LogP contribution in [0.4, 0.5) is 13.2 Å². The van der Waals surface area contributed by atoms with Crippen LogP contribution >= 0.6 is 11.8 Å². The Balaban J connectivity index is 1.37. The van der Waals surface area contributed by atoms with E-state index in [0.717, 1.165) is 52.7 Å². The number of thioether (sulfide) groups is 1. The summed E-state index contributed by atoms with van der Waals surface area (Å²) in [6, 6.07) is 7.19. The molecule has 0 amide bonds. The summed E-state index contributed by atoms with van der Waals surface area (Å²) < 4.78 is 46.2. The Morgan fingerprint density at radius 2 is 1.95 bits per heavy atom. The third-order valence-corrected chi connectivity index (χ3v) is 8.64. The quantitative estimate of drug-likeness (QED) is 0.213. The number of halogens is 3.